The number of fused-ring (bicyclic) bond motifs is 1. The summed E-state index contributed by atoms with van der Waals surface area (Å²) >= 11 is 1.26. The topological polar surface area (TPSA) is 103 Å². The number of furan rings is 1. The van der Waals surface area contributed by atoms with Crippen LogP contribution < -0.4 is 4.72 Å². The Balaban J connectivity index is 1.50. The van der Waals surface area contributed by atoms with Crippen LogP contribution in [0.2, 0.25) is 0 Å². The fraction of sp³-hybridized carbons (Fsp3) is 0.300. The normalized spacial score (nSPS) is 11.7. The van der Waals surface area contributed by atoms with Crippen LogP contribution in [0.15, 0.2) is 41.0 Å². The summed E-state index contributed by atoms with van der Waals surface area (Å²) in [5, 5.41) is 0.851. The van der Waals surface area contributed by atoms with E-state index in [9.17, 15) is 18.0 Å². The zero-order valence-corrected chi connectivity index (χ0v) is 17.7. The molecule has 0 fully saturated rings. The van der Waals surface area contributed by atoms with Crippen LogP contribution in [-0.4, -0.2) is 39.6 Å². The van der Waals surface area contributed by atoms with Crippen LogP contribution in [0.4, 0.5) is 0 Å². The fourth-order valence-electron chi connectivity index (χ4n) is 2.77. The highest BCUT2D eigenvalue weighted by atomic mass is 32.2. The van der Waals surface area contributed by atoms with Crippen molar-refractivity contribution in [3.63, 3.8) is 0 Å². The average molecular weight is 436 g/mol. The third-order valence-electron chi connectivity index (χ3n) is 4.18. The second-order valence-electron chi connectivity index (χ2n) is 6.70. The molecule has 154 valence electrons. The van der Waals surface area contributed by atoms with Gasteiger partial charge in [0.05, 0.1) is 23.8 Å². The molecule has 29 heavy (non-hydrogen) atoms. The minimum atomic E-state index is -3.24. The lowest BCUT2D eigenvalue weighted by Gasteiger charge is -2.03. The maximum Gasteiger partial charge on any atom is 0.310 e. The van der Waals surface area contributed by atoms with E-state index in [1.165, 1.54) is 17.6 Å². The molecular formula is C20H21NO6S2. The number of carbonyl (C=O) groups is 2. The molecule has 0 bridgehead atoms. The number of hydrogen-bond donors (Lipinski definition) is 1. The zero-order valence-electron chi connectivity index (χ0n) is 16.1. The van der Waals surface area contributed by atoms with Gasteiger partial charge in [0.25, 0.3) is 0 Å². The van der Waals surface area contributed by atoms with Gasteiger partial charge in [-0.05, 0) is 37.1 Å². The molecule has 2 heterocycles. The Labute approximate surface area is 172 Å². The van der Waals surface area contributed by atoms with Gasteiger partial charge in [-0.15, -0.1) is 11.3 Å². The minimum absolute atomic E-state index is 0.0240. The molecule has 0 saturated heterocycles. The Morgan fingerprint density at radius 1 is 1.21 bits per heavy atom. The van der Waals surface area contributed by atoms with Crippen molar-refractivity contribution in [1.82, 2.24) is 4.72 Å². The minimum Gasteiger partial charge on any atom is -0.464 e. The van der Waals surface area contributed by atoms with Gasteiger partial charge < -0.3 is 9.15 Å². The van der Waals surface area contributed by atoms with Crippen LogP contribution in [0.1, 0.15) is 25.7 Å². The van der Waals surface area contributed by atoms with E-state index in [1.807, 2.05) is 25.1 Å². The highest BCUT2D eigenvalue weighted by Crippen LogP contribution is 2.23. The third kappa shape index (κ3) is 5.99. The molecular weight excluding hydrogens is 414 g/mol. The van der Waals surface area contributed by atoms with Crippen LogP contribution in [0, 0.1) is 6.92 Å². The molecule has 1 aromatic carbocycles. The van der Waals surface area contributed by atoms with Crippen molar-refractivity contribution in [3.05, 3.63) is 57.5 Å². The van der Waals surface area contributed by atoms with Crippen molar-refractivity contribution in [3.8, 4) is 0 Å². The molecule has 3 rings (SSSR count). The van der Waals surface area contributed by atoms with E-state index < -0.39 is 16.0 Å². The van der Waals surface area contributed by atoms with E-state index in [2.05, 4.69) is 4.72 Å². The van der Waals surface area contributed by atoms with Gasteiger partial charge in [-0.3, -0.25) is 9.59 Å². The first-order valence-electron chi connectivity index (χ1n) is 8.90. The maximum atomic E-state index is 12.3. The molecule has 0 spiro atoms. The highest BCUT2D eigenvalue weighted by molar-refractivity contribution is 7.88. The molecule has 0 unspecified atom stereocenters. The standard InChI is InChI=1S/C20H21NO6S2/c1-13-3-5-16-14(11-26-18(16)9-13)10-20(23)27-12-17(22)19-6-4-15(28-19)7-8-21-29(2,24)25/h3-6,9,11,21H,7-8,10,12H2,1-2H3. The Bertz CT molecular complexity index is 1140. The number of nitrogens with one attached hydrogen (secondary N) is 1. The molecule has 0 saturated carbocycles. The Hall–Kier alpha value is -2.49. The van der Waals surface area contributed by atoms with Crippen molar-refractivity contribution < 1.29 is 27.2 Å². The number of sulfonamides is 1. The summed E-state index contributed by atoms with van der Waals surface area (Å²) in [5.74, 6) is -0.797. The summed E-state index contributed by atoms with van der Waals surface area (Å²) in [5.41, 5.74) is 2.49. The summed E-state index contributed by atoms with van der Waals surface area (Å²) < 4.78 is 35.1. The smallest absolute Gasteiger partial charge is 0.310 e. The molecule has 3 aromatic rings. The summed E-state index contributed by atoms with van der Waals surface area (Å²) in [6.45, 7) is 1.88. The summed E-state index contributed by atoms with van der Waals surface area (Å²) in [7, 11) is -3.24. The molecule has 2 aromatic heterocycles. The number of benzene rings is 1. The first kappa shape index (κ1) is 21.2. The van der Waals surface area contributed by atoms with Gasteiger partial charge in [-0.2, -0.15) is 0 Å². The maximum absolute atomic E-state index is 12.3. The predicted octanol–water partition coefficient (Wildman–Crippen LogP) is 2.86. The lowest BCUT2D eigenvalue weighted by molar-refractivity contribution is -0.141. The van der Waals surface area contributed by atoms with Crippen molar-refractivity contribution in [2.75, 3.05) is 19.4 Å². The van der Waals surface area contributed by atoms with Crippen LogP contribution in [0.3, 0.4) is 0 Å². The number of hydrogen-bond acceptors (Lipinski definition) is 7. The molecule has 9 heteroatoms. The number of ketones is 1. The molecule has 0 aliphatic rings. The number of thiophene rings is 1. The average Bonchev–Trinajstić information content (AvgIpc) is 3.26. The SMILES string of the molecule is Cc1ccc2c(CC(=O)OCC(=O)c3ccc(CCNS(C)(=O)=O)s3)coc2c1. The Morgan fingerprint density at radius 3 is 2.76 bits per heavy atom. The second kappa shape index (κ2) is 8.89. The number of rotatable bonds is 9. The van der Waals surface area contributed by atoms with E-state index >= 15 is 0 Å². The molecule has 0 radical (unpaired) electrons. The monoisotopic (exact) mass is 435 g/mol. The van der Waals surface area contributed by atoms with E-state index in [1.54, 1.807) is 12.1 Å². The number of Topliss-reactive ketones (excluding diaryl/α,β-unsaturated/α-hetero) is 1. The molecule has 7 nitrogen and oxygen atoms in total. The number of ether oxygens (including phenoxy) is 1. The molecule has 0 aliphatic carbocycles. The summed E-state index contributed by atoms with van der Waals surface area (Å²) in [6, 6.07) is 9.16. The lowest BCUT2D eigenvalue weighted by atomic mass is 10.1. The first-order chi connectivity index (χ1) is 13.7. The van der Waals surface area contributed by atoms with Gasteiger partial charge in [0.15, 0.2) is 6.61 Å². The summed E-state index contributed by atoms with van der Waals surface area (Å²) in [4.78, 5) is 25.7. The first-order valence-corrected chi connectivity index (χ1v) is 11.6. The van der Waals surface area contributed by atoms with E-state index in [0.29, 0.717) is 22.4 Å². The van der Waals surface area contributed by atoms with Crippen LogP contribution in [0.25, 0.3) is 11.0 Å². The van der Waals surface area contributed by atoms with Crippen LogP contribution in [0.5, 0.6) is 0 Å². The quantitative estimate of drug-likeness (QED) is 0.410. The predicted molar refractivity (Wildman–Crippen MR) is 111 cm³/mol. The molecule has 0 aliphatic heterocycles. The van der Waals surface area contributed by atoms with Gasteiger partial charge in [0, 0.05) is 22.4 Å². The number of esters is 1. The zero-order chi connectivity index (χ0) is 21.0. The highest BCUT2D eigenvalue weighted by Gasteiger charge is 2.15. The second-order valence-corrected chi connectivity index (χ2v) is 9.70. The Kier molecular flexibility index (Phi) is 6.51. The van der Waals surface area contributed by atoms with Gasteiger partial charge >= 0.3 is 5.97 Å². The van der Waals surface area contributed by atoms with Gasteiger partial charge in [0.2, 0.25) is 15.8 Å². The van der Waals surface area contributed by atoms with E-state index in [-0.39, 0.29) is 25.4 Å². The van der Waals surface area contributed by atoms with Gasteiger partial charge in [-0.1, -0.05) is 12.1 Å². The van der Waals surface area contributed by atoms with Gasteiger partial charge in [-0.25, -0.2) is 13.1 Å². The molecule has 0 amide bonds. The van der Waals surface area contributed by atoms with Gasteiger partial charge in [0.1, 0.15) is 5.58 Å². The molecule has 1 N–H and O–H groups in total. The Morgan fingerprint density at radius 2 is 2.00 bits per heavy atom. The van der Waals surface area contributed by atoms with Crippen molar-refractivity contribution >= 4 is 44.1 Å². The largest absolute Gasteiger partial charge is 0.464 e. The number of aryl methyl sites for hydroxylation is 1. The van der Waals surface area contributed by atoms with Crippen molar-refractivity contribution in [2.24, 2.45) is 0 Å². The van der Waals surface area contributed by atoms with Crippen LogP contribution in [-0.2, 0) is 32.4 Å². The molecule has 0 atom stereocenters. The van der Waals surface area contributed by atoms with Crippen molar-refractivity contribution in [2.45, 2.75) is 19.8 Å². The number of carbonyl (C=O) groups excluding carboxylic acids is 2. The van der Waals surface area contributed by atoms with Crippen LogP contribution >= 0.6 is 11.3 Å². The van der Waals surface area contributed by atoms with Crippen molar-refractivity contribution in [1.29, 1.82) is 0 Å². The van der Waals surface area contributed by atoms with E-state index in [0.717, 1.165) is 22.1 Å². The fourth-order valence-corrected chi connectivity index (χ4v) is 4.18. The summed E-state index contributed by atoms with van der Waals surface area (Å²) in [6.07, 6.45) is 3.13. The van der Waals surface area contributed by atoms with E-state index in [4.69, 9.17) is 9.15 Å². The lowest BCUT2D eigenvalue weighted by Crippen LogP contribution is -2.24. The third-order valence-corrected chi connectivity index (χ3v) is 6.10.